The van der Waals surface area contributed by atoms with Crippen LogP contribution >= 0.6 is 11.8 Å². The number of aliphatic hydroxyl groups excluding tert-OH is 1. The van der Waals surface area contributed by atoms with Crippen molar-refractivity contribution in [1.29, 1.82) is 0 Å². The van der Waals surface area contributed by atoms with Crippen molar-refractivity contribution in [3.8, 4) is 0 Å². The molecule has 3 heteroatoms. The Balaban J connectivity index is 2.37. The van der Waals surface area contributed by atoms with Gasteiger partial charge in [0.25, 0.3) is 0 Å². The fourth-order valence-electron chi connectivity index (χ4n) is 2.42. The van der Waals surface area contributed by atoms with Crippen LogP contribution in [0.5, 0.6) is 0 Å². The molecule has 17 heavy (non-hydrogen) atoms. The largest absolute Gasteiger partial charge is 0.396 e. The van der Waals surface area contributed by atoms with Gasteiger partial charge in [0.15, 0.2) is 0 Å². The molecule has 102 valence electrons. The summed E-state index contributed by atoms with van der Waals surface area (Å²) in [5.74, 6) is 2.40. The quantitative estimate of drug-likeness (QED) is 0.737. The van der Waals surface area contributed by atoms with Gasteiger partial charge in [0.2, 0.25) is 0 Å². The SMILES string of the molecule is CCCNC1CCC(C)CC1SCC(C)CO. The van der Waals surface area contributed by atoms with E-state index in [2.05, 4.69) is 37.8 Å². The van der Waals surface area contributed by atoms with Crippen LogP contribution in [0.25, 0.3) is 0 Å². The number of aliphatic hydroxyl groups is 1. The molecule has 0 saturated heterocycles. The van der Waals surface area contributed by atoms with Crippen LogP contribution in [0.1, 0.15) is 46.5 Å². The molecule has 0 aliphatic heterocycles. The molecule has 2 N–H and O–H groups in total. The van der Waals surface area contributed by atoms with Gasteiger partial charge in [0.1, 0.15) is 0 Å². The molecule has 0 aromatic carbocycles. The fourth-order valence-corrected chi connectivity index (χ4v) is 4.03. The van der Waals surface area contributed by atoms with E-state index in [9.17, 15) is 0 Å². The Hall–Kier alpha value is 0.270. The van der Waals surface area contributed by atoms with E-state index in [1.807, 2.05) is 0 Å². The maximum atomic E-state index is 9.09. The summed E-state index contributed by atoms with van der Waals surface area (Å²) in [5.41, 5.74) is 0. The lowest BCUT2D eigenvalue weighted by Gasteiger charge is -2.35. The average molecular weight is 259 g/mol. The van der Waals surface area contributed by atoms with Crippen LogP contribution in [0.4, 0.5) is 0 Å². The van der Waals surface area contributed by atoms with Crippen LogP contribution in [-0.2, 0) is 0 Å². The Kier molecular flexibility index (Phi) is 7.56. The zero-order valence-electron chi connectivity index (χ0n) is 11.6. The zero-order valence-corrected chi connectivity index (χ0v) is 12.4. The first kappa shape index (κ1) is 15.3. The summed E-state index contributed by atoms with van der Waals surface area (Å²) in [7, 11) is 0. The van der Waals surface area contributed by atoms with Crippen molar-refractivity contribution < 1.29 is 5.11 Å². The molecule has 0 bridgehead atoms. The topological polar surface area (TPSA) is 32.3 Å². The molecule has 1 aliphatic rings. The van der Waals surface area contributed by atoms with Crippen molar-refractivity contribution in [2.45, 2.75) is 57.7 Å². The van der Waals surface area contributed by atoms with Crippen LogP contribution in [0.3, 0.4) is 0 Å². The molecule has 0 amide bonds. The first-order valence-electron chi connectivity index (χ1n) is 7.13. The number of nitrogens with one attached hydrogen (secondary N) is 1. The molecule has 0 radical (unpaired) electrons. The van der Waals surface area contributed by atoms with Crippen LogP contribution in [0.2, 0.25) is 0 Å². The minimum atomic E-state index is 0.322. The van der Waals surface area contributed by atoms with Crippen molar-refractivity contribution in [2.24, 2.45) is 11.8 Å². The second-order valence-electron chi connectivity index (χ2n) is 5.64. The van der Waals surface area contributed by atoms with E-state index in [0.717, 1.165) is 23.5 Å². The Morgan fingerprint density at radius 3 is 2.82 bits per heavy atom. The lowest BCUT2D eigenvalue weighted by molar-refractivity contribution is 0.250. The molecule has 0 aromatic rings. The minimum absolute atomic E-state index is 0.322. The van der Waals surface area contributed by atoms with Gasteiger partial charge in [-0.3, -0.25) is 0 Å². The van der Waals surface area contributed by atoms with Gasteiger partial charge in [-0.2, -0.15) is 11.8 Å². The van der Waals surface area contributed by atoms with Gasteiger partial charge < -0.3 is 10.4 Å². The molecule has 4 atom stereocenters. The van der Waals surface area contributed by atoms with E-state index in [0.29, 0.717) is 18.6 Å². The number of hydrogen-bond donors (Lipinski definition) is 2. The van der Waals surface area contributed by atoms with E-state index in [1.165, 1.54) is 25.7 Å². The highest BCUT2D eigenvalue weighted by atomic mass is 32.2. The average Bonchev–Trinajstić information content (AvgIpc) is 2.34. The normalized spacial score (nSPS) is 31.4. The van der Waals surface area contributed by atoms with E-state index in [-0.39, 0.29) is 0 Å². The van der Waals surface area contributed by atoms with E-state index in [4.69, 9.17) is 5.11 Å². The predicted octanol–water partition coefficient (Wildman–Crippen LogP) is 2.90. The number of rotatable bonds is 7. The van der Waals surface area contributed by atoms with E-state index >= 15 is 0 Å². The van der Waals surface area contributed by atoms with Gasteiger partial charge in [-0.25, -0.2) is 0 Å². The summed E-state index contributed by atoms with van der Waals surface area (Å²) in [6, 6.07) is 0.696. The Labute approximate surface area is 111 Å². The summed E-state index contributed by atoms with van der Waals surface area (Å²) in [4.78, 5) is 0. The molecule has 1 fully saturated rings. The molecule has 4 unspecified atom stereocenters. The third-order valence-electron chi connectivity index (χ3n) is 3.62. The van der Waals surface area contributed by atoms with Crippen LogP contribution < -0.4 is 5.32 Å². The summed E-state index contributed by atoms with van der Waals surface area (Å²) < 4.78 is 0. The highest BCUT2D eigenvalue weighted by Gasteiger charge is 2.28. The van der Waals surface area contributed by atoms with Crippen LogP contribution in [-0.4, -0.2) is 35.3 Å². The molecule has 1 aliphatic carbocycles. The maximum Gasteiger partial charge on any atom is 0.0464 e. The van der Waals surface area contributed by atoms with Crippen molar-refractivity contribution in [3.63, 3.8) is 0 Å². The van der Waals surface area contributed by atoms with E-state index < -0.39 is 0 Å². The third kappa shape index (κ3) is 5.62. The Morgan fingerprint density at radius 1 is 1.41 bits per heavy atom. The second kappa shape index (κ2) is 8.39. The van der Waals surface area contributed by atoms with E-state index in [1.54, 1.807) is 0 Å². The Morgan fingerprint density at radius 2 is 2.18 bits per heavy atom. The van der Waals surface area contributed by atoms with Gasteiger partial charge in [-0.15, -0.1) is 0 Å². The summed E-state index contributed by atoms with van der Waals surface area (Å²) in [6.07, 6.45) is 5.25. The highest BCUT2D eigenvalue weighted by Crippen LogP contribution is 2.33. The van der Waals surface area contributed by atoms with Gasteiger partial charge in [-0.1, -0.05) is 20.8 Å². The smallest absolute Gasteiger partial charge is 0.0464 e. The molecule has 0 heterocycles. The number of hydrogen-bond acceptors (Lipinski definition) is 3. The lowest BCUT2D eigenvalue weighted by Crippen LogP contribution is -2.43. The van der Waals surface area contributed by atoms with Crippen LogP contribution in [0, 0.1) is 11.8 Å². The molecule has 0 aromatic heterocycles. The molecular weight excluding hydrogens is 230 g/mol. The first-order chi connectivity index (χ1) is 8.17. The zero-order chi connectivity index (χ0) is 12.7. The first-order valence-corrected chi connectivity index (χ1v) is 8.18. The second-order valence-corrected chi connectivity index (χ2v) is 6.91. The summed E-state index contributed by atoms with van der Waals surface area (Å²) in [5, 5.41) is 13.5. The highest BCUT2D eigenvalue weighted by molar-refractivity contribution is 7.99. The Bertz CT molecular complexity index is 199. The molecule has 2 nitrogen and oxygen atoms in total. The van der Waals surface area contributed by atoms with Crippen molar-refractivity contribution in [2.75, 3.05) is 18.9 Å². The summed E-state index contributed by atoms with van der Waals surface area (Å²) >= 11 is 2.07. The summed E-state index contributed by atoms with van der Waals surface area (Å²) in [6.45, 7) is 8.20. The molecule has 0 spiro atoms. The van der Waals surface area contributed by atoms with Gasteiger partial charge in [0.05, 0.1) is 0 Å². The minimum Gasteiger partial charge on any atom is -0.396 e. The monoisotopic (exact) mass is 259 g/mol. The predicted molar refractivity (Wildman–Crippen MR) is 77.6 cm³/mol. The van der Waals surface area contributed by atoms with Gasteiger partial charge >= 0.3 is 0 Å². The lowest BCUT2D eigenvalue weighted by atomic mass is 9.87. The molecule has 1 saturated carbocycles. The maximum absolute atomic E-state index is 9.09. The standard InChI is InChI=1S/C14H29NOS/c1-4-7-15-13-6-5-11(2)8-14(13)17-10-12(3)9-16/h11-16H,4-10H2,1-3H3. The number of thioether (sulfide) groups is 1. The van der Waals surface area contributed by atoms with Crippen LogP contribution in [0.15, 0.2) is 0 Å². The molecule has 1 rings (SSSR count). The van der Waals surface area contributed by atoms with Gasteiger partial charge in [0, 0.05) is 17.9 Å². The van der Waals surface area contributed by atoms with Crippen molar-refractivity contribution in [3.05, 3.63) is 0 Å². The van der Waals surface area contributed by atoms with Crippen molar-refractivity contribution in [1.82, 2.24) is 5.32 Å². The fraction of sp³-hybridized carbons (Fsp3) is 1.00. The molecular formula is C14H29NOS. The van der Waals surface area contributed by atoms with Gasteiger partial charge in [-0.05, 0) is 49.8 Å². The van der Waals surface area contributed by atoms with Crippen molar-refractivity contribution >= 4 is 11.8 Å². The third-order valence-corrected chi connectivity index (χ3v) is 5.33.